The molecule has 0 radical (unpaired) electrons. The van der Waals surface area contributed by atoms with Crippen LogP contribution < -0.4 is 0 Å². The van der Waals surface area contributed by atoms with Gasteiger partial charge in [-0.3, -0.25) is 0 Å². The second kappa shape index (κ2) is 6.28. The molecule has 0 aliphatic carbocycles. The Morgan fingerprint density at radius 1 is 0.929 bits per heavy atom. The van der Waals surface area contributed by atoms with Crippen LogP contribution in [0.2, 0.25) is 0 Å². The zero-order valence-electron chi connectivity index (χ0n) is 8.24. The van der Waals surface area contributed by atoms with Crippen molar-refractivity contribution >= 4 is 0 Å². The van der Waals surface area contributed by atoms with Crippen molar-refractivity contribution in [3.05, 3.63) is 0 Å². The number of methoxy groups -OCH3 is 1. The Labute approximate surface area is 82.4 Å². The first-order valence-corrected chi connectivity index (χ1v) is 4.31. The maximum absolute atomic E-state index is 9.29. The molecule has 0 aromatic heterocycles. The number of hydrogen-bond acceptors (Lipinski definition) is 6. The number of hydrogen-bond donors (Lipinski definition) is 5. The van der Waals surface area contributed by atoms with Gasteiger partial charge in [-0.15, -0.1) is 0 Å². The van der Waals surface area contributed by atoms with Gasteiger partial charge in [0, 0.05) is 7.11 Å². The first kappa shape index (κ1) is 13.8. The summed E-state index contributed by atoms with van der Waals surface area (Å²) in [7, 11) is 1.33. The number of ether oxygens (including phenoxy) is 1. The minimum atomic E-state index is -1.61. The summed E-state index contributed by atoms with van der Waals surface area (Å²) in [4.78, 5) is 0. The standard InChI is InChI=1S/C8H18O6/c1-4(9)6(11)8(13)7(12)5(10)3-14-2/h4-13H,3H2,1-2H3/t4-,5-,6-,7?,8?/m0/s1. The first-order chi connectivity index (χ1) is 6.41. The maximum atomic E-state index is 9.29. The van der Waals surface area contributed by atoms with Crippen LogP contribution in [0.1, 0.15) is 6.92 Å². The molecule has 0 aliphatic rings. The zero-order chi connectivity index (χ0) is 11.3. The molecule has 0 saturated heterocycles. The van der Waals surface area contributed by atoms with E-state index in [1.807, 2.05) is 0 Å². The number of aliphatic hydroxyl groups is 5. The minimum absolute atomic E-state index is 0.162. The third kappa shape index (κ3) is 3.87. The third-order valence-corrected chi connectivity index (χ3v) is 1.93. The molecule has 14 heavy (non-hydrogen) atoms. The van der Waals surface area contributed by atoms with Gasteiger partial charge < -0.3 is 30.3 Å². The first-order valence-electron chi connectivity index (χ1n) is 4.31. The molecule has 0 fully saturated rings. The maximum Gasteiger partial charge on any atom is 0.111 e. The monoisotopic (exact) mass is 210 g/mol. The SMILES string of the molecule is COC[C@H](O)C(O)C(O)[C@@H](O)[C@H](C)O. The molecule has 0 saturated carbocycles. The molecule has 0 aromatic rings. The normalized spacial score (nSPS) is 22.5. The van der Waals surface area contributed by atoms with Crippen molar-refractivity contribution in [1.29, 1.82) is 0 Å². The minimum Gasteiger partial charge on any atom is -0.391 e. The second-order valence-electron chi connectivity index (χ2n) is 3.24. The van der Waals surface area contributed by atoms with Crippen LogP contribution in [0, 0.1) is 0 Å². The highest BCUT2D eigenvalue weighted by Crippen LogP contribution is 2.08. The lowest BCUT2D eigenvalue weighted by atomic mass is 10.0. The lowest BCUT2D eigenvalue weighted by Crippen LogP contribution is -2.49. The lowest BCUT2D eigenvalue weighted by Gasteiger charge is -2.27. The molecular formula is C8H18O6. The third-order valence-electron chi connectivity index (χ3n) is 1.93. The molecule has 5 atom stereocenters. The molecule has 6 nitrogen and oxygen atoms in total. The van der Waals surface area contributed by atoms with E-state index in [1.54, 1.807) is 0 Å². The van der Waals surface area contributed by atoms with Gasteiger partial charge in [-0.1, -0.05) is 0 Å². The fourth-order valence-electron chi connectivity index (χ4n) is 0.984. The number of aliphatic hydroxyl groups excluding tert-OH is 5. The van der Waals surface area contributed by atoms with Gasteiger partial charge in [0.15, 0.2) is 0 Å². The molecule has 0 spiro atoms. The van der Waals surface area contributed by atoms with Crippen LogP contribution in [-0.4, -0.2) is 69.8 Å². The Kier molecular flexibility index (Phi) is 6.17. The largest absolute Gasteiger partial charge is 0.391 e. The van der Waals surface area contributed by atoms with Crippen molar-refractivity contribution in [2.24, 2.45) is 0 Å². The summed E-state index contributed by atoms with van der Waals surface area (Å²) in [6.07, 6.45) is -7.16. The number of rotatable bonds is 6. The fraction of sp³-hybridized carbons (Fsp3) is 1.00. The van der Waals surface area contributed by atoms with Crippen molar-refractivity contribution in [2.75, 3.05) is 13.7 Å². The van der Waals surface area contributed by atoms with Gasteiger partial charge in [0.25, 0.3) is 0 Å². The summed E-state index contributed by atoms with van der Waals surface area (Å²) < 4.78 is 4.55. The molecular weight excluding hydrogens is 192 g/mol. The van der Waals surface area contributed by atoms with Gasteiger partial charge in [-0.25, -0.2) is 0 Å². The Bertz CT molecular complexity index is 151. The fourth-order valence-corrected chi connectivity index (χ4v) is 0.984. The van der Waals surface area contributed by atoms with E-state index in [9.17, 15) is 20.4 Å². The molecule has 0 heterocycles. The molecule has 0 rings (SSSR count). The van der Waals surface area contributed by atoms with Gasteiger partial charge in [-0.2, -0.15) is 0 Å². The van der Waals surface area contributed by atoms with Gasteiger partial charge in [0.05, 0.1) is 12.7 Å². The van der Waals surface area contributed by atoms with Crippen LogP contribution in [0.5, 0.6) is 0 Å². The van der Waals surface area contributed by atoms with Crippen LogP contribution >= 0.6 is 0 Å². The zero-order valence-corrected chi connectivity index (χ0v) is 8.24. The highest BCUT2D eigenvalue weighted by Gasteiger charge is 2.32. The average Bonchev–Trinajstić information content (AvgIpc) is 2.14. The van der Waals surface area contributed by atoms with E-state index in [-0.39, 0.29) is 6.61 Å². The van der Waals surface area contributed by atoms with Crippen LogP contribution in [0.15, 0.2) is 0 Å². The van der Waals surface area contributed by atoms with E-state index >= 15 is 0 Å². The predicted molar refractivity (Wildman–Crippen MR) is 47.6 cm³/mol. The highest BCUT2D eigenvalue weighted by atomic mass is 16.5. The van der Waals surface area contributed by atoms with E-state index in [0.717, 1.165) is 0 Å². The molecule has 86 valence electrons. The van der Waals surface area contributed by atoms with E-state index < -0.39 is 30.5 Å². The summed E-state index contributed by atoms with van der Waals surface area (Å²) in [6.45, 7) is 1.11. The molecule has 2 unspecified atom stereocenters. The van der Waals surface area contributed by atoms with Gasteiger partial charge in [-0.05, 0) is 6.92 Å². The van der Waals surface area contributed by atoms with Crippen LogP contribution in [0.4, 0.5) is 0 Å². The van der Waals surface area contributed by atoms with Crippen molar-refractivity contribution in [1.82, 2.24) is 0 Å². The van der Waals surface area contributed by atoms with Crippen molar-refractivity contribution in [2.45, 2.75) is 37.4 Å². The summed E-state index contributed by atoms with van der Waals surface area (Å²) in [5.74, 6) is 0. The van der Waals surface area contributed by atoms with Gasteiger partial charge >= 0.3 is 0 Å². The molecule has 6 heteroatoms. The van der Waals surface area contributed by atoms with Crippen molar-refractivity contribution < 1.29 is 30.3 Å². The second-order valence-corrected chi connectivity index (χ2v) is 3.24. The van der Waals surface area contributed by atoms with Crippen LogP contribution in [0.3, 0.4) is 0 Å². The molecule has 0 aromatic carbocycles. The summed E-state index contributed by atoms with van der Waals surface area (Å²) in [6, 6.07) is 0. The summed E-state index contributed by atoms with van der Waals surface area (Å²) in [5.41, 5.74) is 0. The molecule has 5 N–H and O–H groups in total. The quantitative estimate of drug-likeness (QED) is 0.330. The Balaban J connectivity index is 4.15. The Morgan fingerprint density at radius 2 is 1.43 bits per heavy atom. The average molecular weight is 210 g/mol. The van der Waals surface area contributed by atoms with E-state index in [1.165, 1.54) is 14.0 Å². The molecule has 0 amide bonds. The predicted octanol–water partition coefficient (Wildman–Crippen LogP) is -2.54. The van der Waals surface area contributed by atoms with E-state index in [2.05, 4.69) is 4.74 Å². The Morgan fingerprint density at radius 3 is 1.79 bits per heavy atom. The highest BCUT2D eigenvalue weighted by molar-refractivity contribution is 4.83. The van der Waals surface area contributed by atoms with Crippen LogP contribution in [-0.2, 0) is 4.74 Å². The Hall–Kier alpha value is -0.240. The smallest absolute Gasteiger partial charge is 0.111 e. The molecule has 0 aliphatic heterocycles. The summed E-state index contributed by atoms with van der Waals surface area (Å²) >= 11 is 0. The molecule has 0 bridgehead atoms. The van der Waals surface area contributed by atoms with Crippen LogP contribution in [0.25, 0.3) is 0 Å². The van der Waals surface area contributed by atoms with Gasteiger partial charge in [0.1, 0.15) is 24.4 Å². The van der Waals surface area contributed by atoms with E-state index in [4.69, 9.17) is 5.11 Å². The van der Waals surface area contributed by atoms with Gasteiger partial charge in [0.2, 0.25) is 0 Å². The summed E-state index contributed by atoms with van der Waals surface area (Å²) in [5, 5.41) is 45.8. The van der Waals surface area contributed by atoms with Crippen molar-refractivity contribution in [3.63, 3.8) is 0 Å². The lowest BCUT2D eigenvalue weighted by molar-refractivity contribution is -0.139. The topological polar surface area (TPSA) is 110 Å². The van der Waals surface area contributed by atoms with Crippen molar-refractivity contribution in [3.8, 4) is 0 Å². The van der Waals surface area contributed by atoms with E-state index in [0.29, 0.717) is 0 Å².